The van der Waals surface area contributed by atoms with Crippen LogP contribution in [0.3, 0.4) is 0 Å². The summed E-state index contributed by atoms with van der Waals surface area (Å²) in [7, 11) is 0. The number of aromatic nitrogens is 5. The Kier molecular flexibility index (Phi) is 6.50. The number of amides is 1. The van der Waals surface area contributed by atoms with Crippen molar-refractivity contribution in [2.45, 2.75) is 59.5 Å². The summed E-state index contributed by atoms with van der Waals surface area (Å²) in [6.45, 7) is 9.64. The maximum Gasteiger partial charge on any atom is 0.293 e. The highest BCUT2D eigenvalue weighted by Gasteiger charge is 2.28. The number of nitrogens with one attached hydrogen (secondary N) is 1. The lowest BCUT2D eigenvalue weighted by Crippen LogP contribution is -2.38. The van der Waals surface area contributed by atoms with E-state index in [1.807, 2.05) is 20.8 Å². The molecule has 0 spiro atoms. The third-order valence-corrected chi connectivity index (χ3v) is 6.07. The van der Waals surface area contributed by atoms with E-state index in [1.165, 1.54) is 16.7 Å². The van der Waals surface area contributed by atoms with Gasteiger partial charge in [-0.15, -0.1) is 5.10 Å². The number of nitrogen functional groups attached to an aromatic ring is 1. The summed E-state index contributed by atoms with van der Waals surface area (Å²) in [5, 5.41) is 19.9. The van der Waals surface area contributed by atoms with E-state index in [1.54, 1.807) is 6.21 Å². The number of aryl methyl sites for hydroxylation is 3. The first-order valence-corrected chi connectivity index (χ1v) is 11.0. The van der Waals surface area contributed by atoms with Gasteiger partial charge in [0.1, 0.15) is 0 Å². The zero-order chi connectivity index (χ0) is 23.5. The molecule has 1 saturated heterocycles. The highest BCUT2D eigenvalue weighted by molar-refractivity contribution is 5.94. The molecule has 11 heteroatoms. The van der Waals surface area contributed by atoms with Gasteiger partial charge in [0.05, 0.1) is 11.9 Å². The van der Waals surface area contributed by atoms with Gasteiger partial charge in [0.15, 0.2) is 5.69 Å². The van der Waals surface area contributed by atoms with Crippen molar-refractivity contribution in [3.05, 3.63) is 45.8 Å². The molecule has 0 bridgehead atoms. The van der Waals surface area contributed by atoms with Crippen LogP contribution in [0.4, 0.5) is 5.82 Å². The van der Waals surface area contributed by atoms with Crippen molar-refractivity contribution in [2.24, 2.45) is 5.10 Å². The number of carbonyl (C=O) groups excluding carboxylic acids is 1. The van der Waals surface area contributed by atoms with Crippen molar-refractivity contribution in [1.29, 1.82) is 0 Å². The SMILES string of the molecule is Cc1cc(C)c(/C=N/NC(=O)c2nnn(-c3nonc3N)c2CN2CCCC[C@H]2C)c(C)c1. The van der Waals surface area contributed by atoms with E-state index in [2.05, 4.69) is 55.1 Å². The van der Waals surface area contributed by atoms with Gasteiger partial charge in [-0.25, -0.2) is 10.1 Å². The summed E-state index contributed by atoms with van der Waals surface area (Å²) in [6, 6.07) is 4.53. The number of nitrogens with two attached hydrogens (primary N) is 1. The molecule has 3 N–H and O–H groups in total. The van der Waals surface area contributed by atoms with Crippen LogP contribution < -0.4 is 11.2 Å². The lowest BCUT2D eigenvalue weighted by atomic mass is 10.0. The lowest BCUT2D eigenvalue weighted by molar-refractivity contribution is 0.0945. The Hall–Kier alpha value is -3.60. The molecular weight excluding hydrogens is 422 g/mol. The summed E-state index contributed by atoms with van der Waals surface area (Å²) in [5.74, 6) is -0.187. The molecule has 2 aromatic heterocycles. The van der Waals surface area contributed by atoms with E-state index in [9.17, 15) is 4.79 Å². The Balaban J connectivity index is 1.60. The first kappa shape index (κ1) is 22.6. The van der Waals surface area contributed by atoms with Gasteiger partial charge >= 0.3 is 0 Å². The maximum absolute atomic E-state index is 13.0. The summed E-state index contributed by atoms with van der Waals surface area (Å²) in [5.41, 5.74) is 13.5. The predicted octanol–water partition coefficient (Wildman–Crippen LogP) is 2.30. The van der Waals surface area contributed by atoms with Crippen LogP contribution in [-0.4, -0.2) is 54.9 Å². The van der Waals surface area contributed by atoms with Crippen LogP contribution in [0.15, 0.2) is 21.9 Å². The number of piperidine rings is 1. The van der Waals surface area contributed by atoms with Crippen molar-refractivity contribution >= 4 is 17.9 Å². The Morgan fingerprint density at radius 3 is 2.70 bits per heavy atom. The van der Waals surface area contributed by atoms with Crippen LogP contribution in [-0.2, 0) is 6.54 Å². The third-order valence-electron chi connectivity index (χ3n) is 6.07. The first-order chi connectivity index (χ1) is 15.8. The molecule has 0 unspecified atom stereocenters. The van der Waals surface area contributed by atoms with Crippen molar-refractivity contribution in [2.75, 3.05) is 12.3 Å². The fraction of sp³-hybridized carbons (Fsp3) is 0.455. The summed E-state index contributed by atoms with van der Waals surface area (Å²) < 4.78 is 6.15. The van der Waals surface area contributed by atoms with Crippen LogP contribution >= 0.6 is 0 Å². The summed E-state index contributed by atoms with van der Waals surface area (Å²) in [6.07, 6.45) is 5.03. The Bertz CT molecular complexity index is 1160. The number of hydrogen-bond acceptors (Lipinski definition) is 9. The standard InChI is InChI=1S/C22H29N9O2/c1-13-9-14(2)17(15(3)10-13)11-24-26-22(32)19-18(12-30-8-6-5-7-16(30)4)31(29-25-19)21-20(23)27-33-28-21/h9-11,16H,5-8,12H2,1-4H3,(H2,23,27)(H,26,32)/b24-11+/t16-/m1/s1. The second kappa shape index (κ2) is 9.49. The van der Waals surface area contributed by atoms with Gasteiger partial charge in [0, 0.05) is 18.2 Å². The molecule has 174 valence electrons. The van der Waals surface area contributed by atoms with E-state index in [0.717, 1.165) is 36.1 Å². The Morgan fingerprint density at radius 1 is 1.27 bits per heavy atom. The normalized spacial score (nSPS) is 17.0. The largest absolute Gasteiger partial charge is 0.378 e. The minimum atomic E-state index is -0.463. The number of hydrazone groups is 1. The fourth-order valence-electron chi connectivity index (χ4n) is 4.32. The quantitative estimate of drug-likeness (QED) is 0.430. The van der Waals surface area contributed by atoms with Crippen LogP contribution in [0.2, 0.25) is 0 Å². The molecule has 0 aliphatic carbocycles. The van der Waals surface area contributed by atoms with E-state index in [-0.39, 0.29) is 17.3 Å². The molecule has 33 heavy (non-hydrogen) atoms. The number of carbonyl (C=O) groups is 1. The molecule has 11 nitrogen and oxygen atoms in total. The average Bonchev–Trinajstić information content (AvgIpc) is 3.37. The average molecular weight is 452 g/mol. The molecule has 3 aromatic rings. The molecule has 1 atom stereocenters. The number of likely N-dealkylation sites (tertiary alicyclic amines) is 1. The van der Waals surface area contributed by atoms with Crippen molar-refractivity contribution in [1.82, 2.24) is 35.6 Å². The second-order valence-corrected chi connectivity index (χ2v) is 8.60. The van der Waals surface area contributed by atoms with Gasteiger partial charge < -0.3 is 5.73 Å². The molecule has 1 aromatic carbocycles. The predicted molar refractivity (Wildman–Crippen MR) is 123 cm³/mol. The lowest BCUT2D eigenvalue weighted by Gasteiger charge is -2.33. The smallest absolute Gasteiger partial charge is 0.293 e. The molecule has 0 radical (unpaired) electrons. The molecule has 0 saturated carbocycles. The highest BCUT2D eigenvalue weighted by atomic mass is 16.6. The number of hydrogen-bond donors (Lipinski definition) is 2. The van der Waals surface area contributed by atoms with Crippen LogP contribution in [0, 0.1) is 20.8 Å². The number of anilines is 1. The van der Waals surface area contributed by atoms with E-state index in [0.29, 0.717) is 18.3 Å². The van der Waals surface area contributed by atoms with E-state index in [4.69, 9.17) is 10.4 Å². The second-order valence-electron chi connectivity index (χ2n) is 8.60. The summed E-state index contributed by atoms with van der Waals surface area (Å²) in [4.78, 5) is 15.3. The monoisotopic (exact) mass is 451 g/mol. The molecule has 1 aliphatic rings. The molecule has 3 heterocycles. The van der Waals surface area contributed by atoms with Crippen LogP contribution in [0.1, 0.15) is 64.6 Å². The van der Waals surface area contributed by atoms with Crippen LogP contribution in [0.5, 0.6) is 0 Å². The number of rotatable bonds is 6. The highest BCUT2D eigenvalue weighted by Crippen LogP contribution is 2.23. The van der Waals surface area contributed by atoms with E-state index < -0.39 is 5.91 Å². The van der Waals surface area contributed by atoms with Gasteiger partial charge in [-0.1, -0.05) is 29.3 Å². The minimum absolute atomic E-state index is 0.0724. The molecule has 1 aliphatic heterocycles. The fourth-order valence-corrected chi connectivity index (χ4v) is 4.32. The van der Waals surface area contributed by atoms with Gasteiger partial charge in [0.2, 0.25) is 11.6 Å². The zero-order valence-corrected chi connectivity index (χ0v) is 19.4. The number of benzene rings is 1. The van der Waals surface area contributed by atoms with Crippen LogP contribution in [0.25, 0.3) is 5.82 Å². The topological polar surface area (TPSA) is 140 Å². The Labute approximate surface area is 192 Å². The summed E-state index contributed by atoms with van der Waals surface area (Å²) >= 11 is 0. The van der Waals surface area contributed by atoms with E-state index >= 15 is 0 Å². The first-order valence-electron chi connectivity index (χ1n) is 11.0. The van der Waals surface area contributed by atoms with Gasteiger partial charge in [0.25, 0.3) is 5.91 Å². The molecule has 1 fully saturated rings. The maximum atomic E-state index is 13.0. The minimum Gasteiger partial charge on any atom is -0.378 e. The van der Waals surface area contributed by atoms with Gasteiger partial charge in [-0.3, -0.25) is 9.69 Å². The zero-order valence-electron chi connectivity index (χ0n) is 19.4. The van der Waals surface area contributed by atoms with Crippen molar-refractivity contribution in [3.8, 4) is 5.82 Å². The van der Waals surface area contributed by atoms with Gasteiger partial charge in [-0.05, 0) is 68.5 Å². The Morgan fingerprint density at radius 2 is 2.03 bits per heavy atom. The molecule has 1 amide bonds. The molecule has 4 rings (SSSR count). The van der Waals surface area contributed by atoms with Gasteiger partial charge in [-0.2, -0.15) is 9.78 Å². The third kappa shape index (κ3) is 4.77. The number of nitrogens with zero attached hydrogens (tertiary/aromatic N) is 7. The molecular formula is C22H29N9O2. The van der Waals surface area contributed by atoms with Crippen molar-refractivity contribution < 1.29 is 9.42 Å². The van der Waals surface area contributed by atoms with Crippen molar-refractivity contribution in [3.63, 3.8) is 0 Å².